The van der Waals surface area contributed by atoms with Crippen LogP contribution in [-0.2, 0) is 9.47 Å². The smallest absolute Gasteiger partial charge is 0.0730 e. The number of aliphatic hydroxyl groups is 1. The summed E-state index contributed by atoms with van der Waals surface area (Å²) in [4.78, 5) is 0. The van der Waals surface area contributed by atoms with Gasteiger partial charge in [0.05, 0.1) is 11.2 Å². The van der Waals surface area contributed by atoms with Crippen molar-refractivity contribution in [3.05, 3.63) is 0 Å². The molecule has 0 radical (unpaired) electrons. The zero-order chi connectivity index (χ0) is 15.1. The summed E-state index contributed by atoms with van der Waals surface area (Å²) in [6.07, 6.45) is 7.18. The molecule has 1 saturated carbocycles. The minimum absolute atomic E-state index is 0.0122. The molecule has 0 aromatic rings. The summed E-state index contributed by atoms with van der Waals surface area (Å²) in [6, 6.07) is 0. The van der Waals surface area contributed by atoms with E-state index >= 15 is 0 Å². The molecule has 3 fully saturated rings. The SMILES string of the molecule is CC1CC(C)(C)CC(O)(C2CCOC3(CCOCC3)C2)C1. The first-order chi connectivity index (χ1) is 9.83. The molecule has 3 aliphatic rings. The number of hydrogen-bond donors (Lipinski definition) is 1. The van der Waals surface area contributed by atoms with Crippen molar-refractivity contribution in [3.8, 4) is 0 Å². The standard InChI is InChI=1S/C18H32O3/c1-14-10-16(2,3)13-18(19,11-14)15-4-7-21-17(12-15)5-8-20-9-6-17/h14-15,19H,4-13H2,1-3H3. The highest BCUT2D eigenvalue weighted by molar-refractivity contribution is 5.01. The van der Waals surface area contributed by atoms with E-state index in [1.165, 1.54) is 6.42 Å². The van der Waals surface area contributed by atoms with Crippen LogP contribution in [0, 0.1) is 17.3 Å². The van der Waals surface area contributed by atoms with Gasteiger partial charge in [-0.1, -0.05) is 20.8 Å². The summed E-state index contributed by atoms with van der Waals surface area (Å²) in [5, 5.41) is 11.4. The Bertz CT molecular complexity index is 367. The Labute approximate surface area is 129 Å². The molecule has 1 N–H and O–H groups in total. The van der Waals surface area contributed by atoms with Gasteiger partial charge in [0.15, 0.2) is 0 Å². The van der Waals surface area contributed by atoms with Gasteiger partial charge in [-0.2, -0.15) is 0 Å². The minimum Gasteiger partial charge on any atom is -0.390 e. The lowest BCUT2D eigenvalue weighted by Gasteiger charge is -2.53. The van der Waals surface area contributed by atoms with Gasteiger partial charge in [0, 0.05) is 19.8 Å². The van der Waals surface area contributed by atoms with Crippen molar-refractivity contribution in [3.63, 3.8) is 0 Å². The zero-order valence-corrected chi connectivity index (χ0v) is 14.0. The predicted molar refractivity (Wildman–Crippen MR) is 83.2 cm³/mol. The average molecular weight is 296 g/mol. The molecule has 21 heavy (non-hydrogen) atoms. The van der Waals surface area contributed by atoms with E-state index < -0.39 is 5.60 Å². The highest BCUT2D eigenvalue weighted by Gasteiger charge is 2.50. The fourth-order valence-electron chi connectivity index (χ4n) is 5.48. The van der Waals surface area contributed by atoms with Crippen LogP contribution in [0.5, 0.6) is 0 Å². The molecule has 3 unspecified atom stereocenters. The lowest BCUT2D eigenvalue weighted by atomic mass is 9.59. The van der Waals surface area contributed by atoms with E-state index in [9.17, 15) is 5.11 Å². The van der Waals surface area contributed by atoms with E-state index in [0.717, 1.165) is 58.3 Å². The Morgan fingerprint density at radius 1 is 1.00 bits per heavy atom. The second kappa shape index (κ2) is 5.50. The van der Waals surface area contributed by atoms with Crippen molar-refractivity contribution in [2.75, 3.05) is 19.8 Å². The monoisotopic (exact) mass is 296 g/mol. The number of hydrogen-bond acceptors (Lipinski definition) is 3. The van der Waals surface area contributed by atoms with Crippen LogP contribution < -0.4 is 0 Å². The van der Waals surface area contributed by atoms with Gasteiger partial charge in [0.2, 0.25) is 0 Å². The molecule has 3 nitrogen and oxygen atoms in total. The molecule has 2 saturated heterocycles. The molecule has 3 rings (SSSR count). The van der Waals surface area contributed by atoms with Crippen LogP contribution in [-0.4, -0.2) is 36.1 Å². The van der Waals surface area contributed by atoms with E-state index in [-0.39, 0.29) is 11.0 Å². The summed E-state index contributed by atoms with van der Waals surface area (Å²) in [6.45, 7) is 9.37. The molecule has 2 aliphatic heterocycles. The third-order valence-corrected chi connectivity index (χ3v) is 6.04. The quantitative estimate of drug-likeness (QED) is 0.804. The average Bonchev–Trinajstić information content (AvgIpc) is 2.37. The molecule has 3 atom stereocenters. The van der Waals surface area contributed by atoms with Crippen molar-refractivity contribution in [2.24, 2.45) is 17.3 Å². The number of ether oxygens (including phenoxy) is 2. The third-order valence-electron chi connectivity index (χ3n) is 6.04. The van der Waals surface area contributed by atoms with E-state index in [4.69, 9.17) is 9.47 Å². The van der Waals surface area contributed by atoms with Crippen LogP contribution in [0.4, 0.5) is 0 Å². The second-order valence-corrected chi connectivity index (χ2v) is 8.79. The lowest BCUT2D eigenvalue weighted by Crippen LogP contribution is -2.54. The van der Waals surface area contributed by atoms with E-state index in [1.54, 1.807) is 0 Å². The molecule has 0 amide bonds. The van der Waals surface area contributed by atoms with Gasteiger partial charge < -0.3 is 14.6 Å². The van der Waals surface area contributed by atoms with Gasteiger partial charge in [0.25, 0.3) is 0 Å². The fourth-order valence-corrected chi connectivity index (χ4v) is 5.48. The first-order valence-corrected chi connectivity index (χ1v) is 8.77. The summed E-state index contributed by atoms with van der Waals surface area (Å²) < 4.78 is 11.7. The lowest BCUT2D eigenvalue weighted by molar-refractivity contribution is -0.190. The summed E-state index contributed by atoms with van der Waals surface area (Å²) in [7, 11) is 0. The van der Waals surface area contributed by atoms with Crippen LogP contribution in [0.25, 0.3) is 0 Å². The van der Waals surface area contributed by atoms with Gasteiger partial charge >= 0.3 is 0 Å². The topological polar surface area (TPSA) is 38.7 Å². The van der Waals surface area contributed by atoms with Gasteiger partial charge in [0.1, 0.15) is 0 Å². The maximum Gasteiger partial charge on any atom is 0.0730 e. The van der Waals surface area contributed by atoms with E-state index in [2.05, 4.69) is 20.8 Å². The van der Waals surface area contributed by atoms with Gasteiger partial charge in [-0.3, -0.25) is 0 Å². The Hall–Kier alpha value is -0.120. The van der Waals surface area contributed by atoms with Crippen molar-refractivity contribution >= 4 is 0 Å². The molecule has 1 spiro atoms. The second-order valence-electron chi connectivity index (χ2n) is 8.79. The predicted octanol–water partition coefficient (Wildman–Crippen LogP) is 3.54. The van der Waals surface area contributed by atoms with Gasteiger partial charge in [-0.15, -0.1) is 0 Å². The molecule has 1 aliphatic carbocycles. The van der Waals surface area contributed by atoms with Gasteiger partial charge in [-0.25, -0.2) is 0 Å². The van der Waals surface area contributed by atoms with Crippen LogP contribution in [0.15, 0.2) is 0 Å². The molecule has 3 heteroatoms. The van der Waals surface area contributed by atoms with Crippen molar-refractivity contribution < 1.29 is 14.6 Å². The fraction of sp³-hybridized carbons (Fsp3) is 1.00. The van der Waals surface area contributed by atoms with E-state index in [1.807, 2.05) is 0 Å². The van der Waals surface area contributed by atoms with Crippen LogP contribution >= 0.6 is 0 Å². The molecule has 0 aromatic carbocycles. The molecular formula is C18H32O3. The van der Waals surface area contributed by atoms with Crippen LogP contribution in [0.3, 0.4) is 0 Å². The van der Waals surface area contributed by atoms with Crippen LogP contribution in [0.2, 0.25) is 0 Å². The Morgan fingerprint density at radius 2 is 1.71 bits per heavy atom. The Balaban J connectivity index is 1.75. The highest BCUT2D eigenvalue weighted by Crippen LogP contribution is 2.51. The zero-order valence-electron chi connectivity index (χ0n) is 14.0. The molecule has 0 bridgehead atoms. The Morgan fingerprint density at radius 3 is 2.38 bits per heavy atom. The maximum atomic E-state index is 11.4. The maximum absolute atomic E-state index is 11.4. The first-order valence-electron chi connectivity index (χ1n) is 8.77. The third kappa shape index (κ3) is 3.30. The Kier molecular flexibility index (Phi) is 4.13. The first kappa shape index (κ1) is 15.8. The molecule has 122 valence electrons. The molecular weight excluding hydrogens is 264 g/mol. The van der Waals surface area contributed by atoms with Gasteiger partial charge in [-0.05, 0) is 62.2 Å². The molecule has 2 heterocycles. The summed E-state index contributed by atoms with van der Waals surface area (Å²) in [5.74, 6) is 1.01. The summed E-state index contributed by atoms with van der Waals surface area (Å²) in [5.41, 5.74) is -0.245. The van der Waals surface area contributed by atoms with Crippen molar-refractivity contribution in [1.29, 1.82) is 0 Å². The summed E-state index contributed by atoms with van der Waals surface area (Å²) >= 11 is 0. The van der Waals surface area contributed by atoms with E-state index in [0.29, 0.717) is 11.8 Å². The van der Waals surface area contributed by atoms with Crippen molar-refractivity contribution in [2.45, 2.75) is 76.9 Å². The largest absolute Gasteiger partial charge is 0.390 e. The normalized spacial score (nSPS) is 42.9. The highest BCUT2D eigenvalue weighted by atomic mass is 16.5. The minimum atomic E-state index is -0.490. The van der Waals surface area contributed by atoms with Crippen molar-refractivity contribution in [1.82, 2.24) is 0 Å². The number of rotatable bonds is 1. The van der Waals surface area contributed by atoms with Crippen LogP contribution in [0.1, 0.15) is 65.7 Å². The molecule has 0 aromatic heterocycles.